The SMILES string of the molecule is Cc1cc2nc(N3CCC(C(O)NC4CCOC4)CC3)n(-c3ccc4c(c3)OCO4)c2cc1C. The van der Waals surface area contributed by atoms with Gasteiger partial charge in [0.25, 0.3) is 0 Å². The number of aryl methyl sites for hydroxylation is 2. The fourth-order valence-corrected chi connectivity index (χ4v) is 5.27. The lowest BCUT2D eigenvalue weighted by atomic mass is 9.94. The number of nitrogens with one attached hydrogen (secondary N) is 1. The number of hydrogen-bond acceptors (Lipinski definition) is 7. The van der Waals surface area contributed by atoms with Gasteiger partial charge in [0.1, 0.15) is 6.23 Å². The molecular formula is C26H32N4O4. The van der Waals surface area contributed by atoms with Crippen LogP contribution in [0.25, 0.3) is 16.7 Å². The molecule has 1 aromatic heterocycles. The quantitative estimate of drug-likeness (QED) is 0.561. The number of hydrogen-bond donors (Lipinski definition) is 2. The largest absolute Gasteiger partial charge is 0.454 e. The Morgan fingerprint density at radius 2 is 1.82 bits per heavy atom. The molecule has 34 heavy (non-hydrogen) atoms. The van der Waals surface area contributed by atoms with Crippen LogP contribution in [0.5, 0.6) is 11.5 Å². The van der Waals surface area contributed by atoms with Gasteiger partial charge in [-0.2, -0.15) is 0 Å². The first kappa shape index (κ1) is 21.7. The van der Waals surface area contributed by atoms with E-state index in [1.54, 1.807) is 0 Å². The van der Waals surface area contributed by atoms with Crippen LogP contribution in [0.2, 0.25) is 0 Å². The van der Waals surface area contributed by atoms with Gasteiger partial charge in [0.15, 0.2) is 11.5 Å². The minimum absolute atomic E-state index is 0.227. The standard InChI is InChI=1S/C26H32N4O4/c1-16-11-21-22(12-17(16)2)30(20-3-4-23-24(13-20)34-15-33-23)26(28-21)29-8-5-18(6-9-29)25(31)27-19-7-10-32-14-19/h3-4,11-13,18-19,25,27,31H,5-10,14-15H2,1-2H3. The maximum Gasteiger partial charge on any atom is 0.231 e. The highest BCUT2D eigenvalue weighted by Gasteiger charge is 2.30. The molecule has 0 bridgehead atoms. The Balaban J connectivity index is 1.30. The van der Waals surface area contributed by atoms with E-state index in [2.05, 4.69) is 46.8 Å². The van der Waals surface area contributed by atoms with Gasteiger partial charge < -0.3 is 24.2 Å². The molecule has 0 saturated carbocycles. The lowest BCUT2D eigenvalue weighted by Gasteiger charge is -2.36. The van der Waals surface area contributed by atoms with E-state index in [-0.39, 0.29) is 18.8 Å². The summed E-state index contributed by atoms with van der Waals surface area (Å²) in [6, 6.07) is 10.7. The van der Waals surface area contributed by atoms with E-state index >= 15 is 0 Å². The number of imidazole rings is 1. The second-order valence-electron chi connectivity index (χ2n) is 9.71. The summed E-state index contributed by atoms with van der Waals surface area (Å²) in [7, 11) is 0. The Labute approximate surface area is 199 Å². The van der Waals surface area contributed by atoms with Crippen molar-refractivity contribution in [1.29, 1.82) is 0 Å². The summed E-state index contributed by atoms with van der Waals surface area (Å²) in [6.07, 6.45) is 2.29. The van der Waals surface area contributed by atoms with Gasteiger partial charge in [0, 0.05) is 37.7 Å². The van der Waals surface area contributed by atoms with Gasteiger partial charge in [-0.05, 0) is 68.5 Å². The molecule has 4 heterocycles. The summed E-state index contributed by atoms with van der Waals surface area (Å²) in [5.41, 5.74) is 5.56. The molecule has 2 aromatic carbocycles. The number of anilines is 1. The fourth-order valence-electron chi connectivity index (χ4n) is 5.27. The Bertz CT molecular complexity index is 1200. The van der Waals surface area contributed by atoms with E-state index in [0.717, 1.165) is 73.1 Å². The van der Waals surface area contributed by atoms with Crippen molar-refractivity contribution in [2.75, 3.05) is 38.0 Å². The van der Waals surface area contributed by atoms with E-state index in [0.29, 0.717) is 6.61 Å². The zero-order valence-corrected chi connectivity index (χ0v) is 19.8. The number of nitrogens with zero attached hydrogens (tertiary/aromatic N) is 3. The summed E-state index contributed by atoms with van der Waals surface area (Å²) >= 11 is 0. The van der Waals surface area contributed by atoms with Gasteiger partial charge in [-0.25, -0.2) is 4.98 Å². The average molecular weight is 465 g/mol. The van der Waals surface area contributed by atoms with E-state index in [9.17, 15) is 5.11 Å². The molecule has 3 aliphatic rings. The molecule has 2 unspecified atom stereocenters. The maximum absolute atomic E-state index is 10.8. The van der Waals surface area contributed by atoms with Crippen molar-refractivity contribution in [2.45, 2.75) is 45.4 Å². The summed E-state index contributed by atoms with van der Waals surface area (Å²) in [6.45, 7) is 7.68. The van der Waals surface area contributed by atoms with Crippen LogP contribution in [0.3, 0.4) is 0 Å². The summed E-state index contributed by atoms with van der Waals surface area (Å²) in [5, 5.41) is 14.1. The normalized spacial score (nSPS) is 21.5. The molecule has 8 heteroatoms. The van der Waals surface area contributed by atoms with E-state index in [1.807, 2.05) is 12.1 Å². The number of aromatic nitrogens is 2. The molecule has 8 nitrogen and oxygen atoms in total. The van der Waals surface area contributed by atoms with Crippen LogP contribution in [0.1, 0.15) is 30.4 Å². The van der Waals surface area contributed by atoms with Crippen molar-refractivity contribution < 1.29 is 19.3 Å². The van der Waals surface area contributed by atoms with Gasteiger partial charge in [-0.3, -0.25) is 9.88 Å². The van der Waals surface area contributed by atoms with E-state index in [4.69, 9.17) is 19.2 Å². The Kier molecular flexibility index (Phi) is 5.59. The first-order valence-corrected chi connectivity index (χ1v) is 12.2. The van der Waals surface area contributed by atoms with Crippen molar-refractivity contribution in [3.8, 4) is 17.2 Å². The van der Waals surface area contributed by atoms with Crippen LogP contribution >= 0.6 is 0 Å². The smallest absolute Gasteiger partial charge is 0.231 e. The molecule has 2 atom stereocenters. The van der Waals surface area contributed by atoms with Gasteiger partial charge in [-0.15, -0.1) is 0 Å². The van der Waals surface area contributed by atoms with E-state index < -0.39 is 6.23 Å². The lowest BCUT2D eigenvalue weighted by Crippen LogP contribution is -2.47. The number of piperidine rings is 1. The van der Waals surface area contributed by atoms with Gasteiger partial charge in [0.2, 0.25) is 12.7 Å². The Morgan fingerprint density at radius 1 is 1.03 bits per heavy atom. The molecule has 6 rings (SSSR count). The minimum Gasteiger partial charge on any atom is -0.454 e. The van der Waals surface area contributed by atoms with Crippen molar-refractivity contribution in [2.24, 2.45) is 5.92 Å². The van der Waals surface area contributed by atoms with Gasteiger partial charge in [-0.1, -0.05) is 0 Å². The number of rotatable bonds is 5. The third-order valence-electron chi connectivity index (χ3n) is 7.47. The number of benzene rings is 2. The number of ether oxygens (including phenoxy) is 3. The van der Waals surface area contributed by atoms with Crippen molar-refractivity contribution >= 4 is 17.0 Å². The van der Waals surface area contributed by atoms with Crippen LogP contribution in [0, 0.1) is 19.8 Å². The zero-order chi connectivity index (χ0) is 23.2. The first-order valence-electron chi connectivity index (χ1n) is 12.2. The van der Waals surface area contributed by atoms with Gasteiger partial charge in [0.05, 0.1) is 23.3 Å². The topological polar surface area (TPSA) is 81.0 Å². The molecule has 2 N–H and O–H groups in total. The molecule has 2 saturated heterocycles. The first-order chi connectivity index (χ1) is 16.6. The second-order valence-corrected chi connectivity index (χ2v) is 9.71. The number of aliphatic hydroxyl groups excluding tert-OH is 1. The third kappa shape index (κ3) is 3.89. The molecule has 2 fully saturated rings. The highest BCUT2D eigenvalue weighted by atomic mass is 16.7. The molecule has 0 spiro atoms. The van der Waals surface area contributed by atoms with Crippen molar-refractivity contribution in [1.82, 2.24) is 14.9 Å². The number of aliphatic hydroxyl groups is 1. The molecule has 180 valence electrons. The lowest BCUT2D eigenvalue weighted by molar-refractivity contribution is 0.0484. The maximum atomic E-state index is 10.8. The minimum atomic E-state index is -0.494. The Hall–Kier alpha value is -2.81. The van der Waals surface area contributed by atoms with Crippen LogP contribution in [-0.4, -0.2) is 60.0 Å². The molecular weight excluding hydrogens is 432 g/mol. The average Bonchev–Trinajstić information content (AvgIpc) is 3.59. The molecule has 3 aliphatic heterocycles. The van der Waals surface area contributed by atoms with Crippen LogP contribution in [-0.2, 0) is 4.74 Å². The predicted octanol–water partition coefficient (Wildman–Crippen LogP) is 3.28. The van der Waals surface area contributed by atoms with E-state index in [1.165, 1.54) is 11.1 Å². The second kappa shape index (κ2) is 8.76. The molecule has 0 amide bonds. The van der Waals surface area contributed by atoms with Crippen LogP contribution < -0.4 is 19.7 Å². The zero-order valence-electron chi connectivity index (χ0n) is 19.8. The highest BCUT2D eigenvalue weighted by molar-refractivity contribution is 5.83. The van der Waals surface area contributed by atoms with Crippen molar-refractivity contribution in [3.05, 3.63) is 41.5 Å². The molecule has 0 aliphatic carbocycles. The fraction of sp³-hybridized carbons (Fsp3) is 0.500. The molecule has 0 radical (unpaired) electrons. The summed E-state index contributed by atoms with van der Waals surface area (Å²) < 4.78 is 18.9. The highest BCUT2D eigenvalue weighted by Crippen LogP contribution is 2.37. The molecule has 3 aromatic rings. The number of fused-ring (bicyclic) bond motifs is 2. The monoisotopic (exact) mass is 464 g/mol. The predicted molar refractivity (Wildman–Crippen MR) is 130 cm³/mol. The summed E-state index contributed by atoms with van der Waals surface area (Å²) in [5.74, 6) is 2.70. The van der Waals surface area contributed by atoms with Crippen molar-refractivity contribution in [3.63, 3.8) is 0 Å². The van der Waals surface area contributed by atoms with Crippen LogP contribution in [0.15, 0.2) is 30.3 Å². The van der Waals surface area contributed by atoms with Gasteiger partial charge >= 0.3 is 0 Å². The van der Waals surface area contributed by atoms with Crippen LogP contribution in [0.4, 0.5) is 5.95 Å². The Morgan fingerprint density at radius 3 is 2.62 bits per heavy atom. The summed E-state index contributed by atoms with van der Waals surface area (Å²) in [4.78, 5) is 7.43. The third-order valence-corrected chi connectivity index (χ3v) is 7.47.